The maximum atomic E-state index is 11.9. The fraction of sp³-hybridized carbons (Fsp3) is 0.133. The molecule has 0 aliphatic rings. The molecule has 2 aromatic carbocycles. The molecule has 0 aliphatic carbocycles. The summed E-state index contributed by atoms with van der Waals surface area (Å²) < 4.78 is 0. The van der Waals surface area contributed by atoms with Gasteiger partial charge in [-0.05, 0) is 48.4 Å². The summed E-state index contributed by atoms with van der Waals surface area (Å²) in [6, 6.07) is 12.2. The summed E-state index contributed by atoms with van der Waals surface area (Å²) >= 11 is 0. The lowest BCUT2D eigenvalue weighted by Crippen LogP contribution is -2.15. The van der Waals surface area contributed by atoms with E-state index in [1.807, 2.05) is 31.2 Å². The molecule has 0 saturated carbocycles. The standard InChI is InChI=1S/C15H16N2O2/c1-10-3-2-4-12(7-10)17-15(19)9-11-8-13(18)5-6-14(11)16/h2-8,18H,9,16H2,1H3,(H,17,19). The molecule has 0 unspecified atom stereocenters. The van der Waals surface area contributed by atoms with Gasteiger partial charge in [-0.2, -0.15) is 0 Å². The molecule has 98 valence electrons. The molecule has 0 fully saturated rings. The summed E-state index contributed by atoms with van der Waals surface area (Å²) in [6.45, 7) is 1.96. The summed E-state index contributed by atoms with van der Waals surface area (Å²) in [5.74, 6) is -0.0598. The van der Waals surface area contributed by atoms with Gasteiger partial charge in [0.25, 0.3) is 0 Å². The normalized spacial score (nSPS) is 10.2. The Morgan fingerprint density at radius 3 is 2.79 bits per heavy atom. The van der Waals surface area contributed by atoms with Crippen LogP contribution in [0, 0.1) is 6.92 Å². The number of carbonyl (C=O) groups is 1. The molecular weight excluding hydrogens is 240 g/mol. The first-order chi connectivity index (χ1) is 9.04. The quantitative estimate of drug-likeness (QED) is 0.583. The zero-order valence-corrected chi connectivity index (χ0v) is 10.7. The van der Waals surface area contributed by atoms with E-state index < -0.39 is 0 Å². The highest BCUT2D eigenvalue weighted by atomic mass is 16.3. The first-order valence-electron chi connectivity index (χ1n) is 5.98. The van der Waals surface area contributed by atoms with Crippen molar-refractivity contribution in [2.45, 2.75) is 13.3 Å². The van der Waals surface area contributed by atoms with Gasteiger partial charge in [-0.15, -0.1) is 0 Å². The zero-order chi connectivity index (χ0) is 13.8. The number of benzene rings is 2. The molecule has 2 rings (SSSR count). The number of aromatic hydroxyl groups is 1. The molecule has 0 saturated heterocycles. The van der Waals surface area contributed by atoms with Crippen LogP contribution in [0.1, 0.15) is 11.1 Å². The summed E-state index contributed by atoms with van der Waals surface area (Å²) in [7, 11) is 0. The number of anilines is 2. The molecule has 0 atom stereocenters. The minimum atomic E-state index is -0.164. The van der Waals surface area contributed by atoms with Gasteiger partial charge >= 0.3 is 0 Å². The molecule has 1 amide bonds. The number of amides is 1. The van der Waals surface area contributed by atoms with Gasteiger partial charge < -0.3 is 16.2 Å². The average Bonchev–Trinajstić information content (AvgIpc) is 2.34. The Morgan fingerprint density at radius 1 is 1.26 bits per heavy atom. The van der Waals surface area contributed by atoms with Crippen LogP contribution in [0.4, 0.5) is 11.4 Å². The molecule has 0 spiro atoms. The van der Waals surface area contributed by atoms with Gasteiger partial charge in [-0.25, -0.2) is 0 Å². The molecule has 19 heavy (non-hydrogen) atoms. The third-order valence-electron chi connectivity index (χ3n) is 2.78. The highest BCUT2D eigenvalue weighted by Crippen LogP contribution is 2.19. The Morgan fingerprint density at radius 2 is 2.05 bits per heavy atom. The monoisotopic (exact) mass is 256 g/mol. The van der Waals surface area contributed by atoms with Crippen LogP contribution in [0.15, 0.2) is 42.5 Å². The molecule has 4 nitrogen and oxygen atoms in total. The highest BCUT2D eigenvalue weighted by molar-refractivity contribution is 5.93. The smallest absolute Gasteiger partial charge is 0.228 e. The number of nitrogens with two attached hydrogens (primary N) is 1. The van der Waals surface area contributed by atoms with Crippen molar-refractivity contribution in [3.05, 3.63) is 53.6 Å². The molecule has 4 N–H and O–H groups in total. The molecule has 0 aromatic heterocycles. The SMILES string of the molecule is Cc1cccc(NC(=O)Cc2cc(O)ccc2N)c1. The van der Waals surface area contributed by atoms with Crippen LogP contribution in [0.2, 0.25) is 0 Å². The van der Waals surface area contributed by atoms with Crippen molar-refractivity contribution in [2.75, 3.05) is 11.1 Å². The van der Waals surface area contributed by atoms with Gasteiger partial charge in [-0.1, -0.05) is 12.1 Å². The van der Waals surface area contributed by atoms with Crippen LogP contribution < -0.4 is 11.1 Å². The van der Waals surface area contributed by atoms with E-state index in [1.165, 1.54) is 12.1 Å². The number of nitrogens with one attached hydrogen (secondary N) is 1. The molecule has 4 heteroatoms. The number of carbonyl (C=O) groups excluding carboxylic acids is 1. The predicted octanol–water partition coefficient (Wildman–Crippen LogP) is 2.46. The molecule has 0 radical (unpaired) electrons. The summed E-state index contributed by atoms with van der Waals surface area (Å²) in [4.78, 5) is 11.9. The van der Waals surface area contributed by atoms with Crippen molar-refractivity contribution < 1.29 is 9.90 Å². The van der Waals surface area contributed by atoms with Gasteiger partial charge in [0.2, 0.25) is 5.91 Å². The number of hydrogen-bond donors (Lipinski definition) is 3. The van der Waals surface area contributed by atoms with Gasteiger partial charge in [0.15, 0.2) is 0 Å². The second kappa shape index (κ2) is 5.44. The van der Waals surface area contributed by atoms with Gasteiger partial charge in [0.05, 0.1) is 6.42 Å². The number of rotatable bonds is 3. The maximum absolute atomic E-state index is 11.9. The Kier molecular flexibility index (Phi) is 3.71. The Bertz CT molecular complexity index is 609. The third kappa shape index (κ3) is 3.48. The van der Waals surface area contributed by atoms with Gasteiger partial charge in [-0.3, -0.25) is 4.79 Å². The van der Waals surface area contributed by atoms with E-state index in [2.05, 4.69) is 5.32 Å². The van der Waals surface area contributed by atoms with E-state index >= 15 is 0 Å². The minimum Gasteiger partial charge on any atom is -0.508 e. The molecule has 2 aromatic rings. The van der Waals surface area contributed by atoms with E-state index in [0.29, 0.717) is 11.3 Å². The second-order valence-electron chi connectivity index (χ2n) is 4.48. The van der Waals surface area contributed by atoms with Crippen LogP contribution in [0.25, 0.3) is 0 Å². The lowest BCUT2D eigenvalue weighted by atomic mass is 10.1. The first kappa shape index (κ1) is 13.0. The van der Waals surface area contributed by atoms with Crippen LogP contribution in [0.3, 0.4) is 0 Å². The Labute approximate surface area is 111 Å². The fourth-order valence-electron chi connectivity index (χ4n) is 1.85. The molecule has 0 heterocycles. The molecule has 0 bridgehead atoms. The van der Waals surface area contributed by atoms with E-state index in [-0.39, 0.29) is 18.1 Å². The van der Waals surface area contributed by atoms with E-state index in [1.54, 1.807) is 6.07 Å². The number of hydrogen-bond acceptors (Lipinski definition) is 3. The zero-order valence-electron chi connectivity index (χ0n) is 10.7. The van der Waals surface area contributed by atoms with Crippen molar-refractivity contribution in [1.82, 2.24) is 0 Å². The van der Waals surface area contributed by atoms with Crippen molar-refractivity contribution in [1.29, 1.82) is 0 Å². The van der Waals surface area contributed by atoms with Crippen molar-refractivity contribution in [3.8, 4) is 5.75 Å². The van der Waals surface area contributed by atoms with Gasteiger partial charge in [0, 0.05) is 11.4 Å². The largest absolute Gasteiger partial charge is 0.508 e. The van der Waals surface area contributed by atoms with Crippen LogP contribution in [0.5, 0.6) is 5.75 Å². The number of phenolic OH excluding ortho intramolecular Hbond substituents is 1. The third-order valence-corrected chi connectivity index (χ3v) is 2.78. The number of nitrogen functional groups attached to an aromatic ring is 1. The van der Waals surface area contributed by atoms with Crippen LogP contribution in [-0.2, 0) is 11.2 Å². The lowest BCUT2D eigenvalue weighted by Gasteiger charge is -2.08. The first-order valence-corrected chi connectivity index (χ1v) is 5.98. The fourth-order valence-corrected chi connectivity index (χ4v) is 1.85. The summed E-state index contributed by atoms with van der Waals surface area (Å²) in [6.07, 6.45) is 0.133. The number of phenols is 1. The van der Waals surface area contributed by atoms with Crippen molar-refractivity contribution >= 4 is 17.3 Å². The topological polar surface area (TPSA) is 75.3 Å². The van der Waals surface area contributed by atoms with Gasteiger partial charge in [0.1, 0.15) is 5.75 Å². The second-order valence-corrected chi connectivity index (χ2v) is 4.48. The highest BCUT2D eigenvalue weighted by Gasteiger charge is 2.08. The van der Waals surface area contributed by atoms with Crippen LogP contribution in [-0.4, -0.2) is 11.0 Å². The molecule has 0 aliphatic heterocycles. The average molecular weight is 256 g/mol. The van der Waals surface area contributed by atoms with E-state index in [0.717, 1.165) is 11.3 Å². The summed E-state index contributed by atoms with van der Waals surface area (Å²) in [5, 5.41) is 12.2. The van der Waals surface area contributed by atoms with E-state index in [4.69, 9.17) is 5.73 Å². The summed E-state index contributed by atoms with van der Waals surface area (Å²) in [5.41, 5.74) is 8.71. The Balaban J connectivity index is 2.07. The lowest BCUT2D eigenvalue weighted by molar-refractivity contribution is -0.115. The maximum Gasteiger partial charge on any atom is 0.228 e. The Hall–Kier alpha value is -2.49. The van der Waals surface area contributed by atoms with Crippen molar-refractivity contribution in [2.24, 2.45) is 0 Å². The molecular formula is C15H16N2O2. The van der Waals surface area contributed by atoms with E-state index in [9.17, 15) is 9.90 Å². The van der Waals surface area contributed by atoms with Crippen LogP contribution >= 0.6 is 0 Å². The van der Waals surface area contributed by atoms with Crippen molar-refractivity contribution in [3.63, 3.8) is 0 Å². The minimum absolute atomic E-state index is 0.104. The number of aryl methyl sites for hydroxylation is 1. The predicted molar refractivity (Wildman–Crippen MR) is 76.0 cm³/mol.